The van der Waals surface area contributed by atoms with E-state index in [1.165, 1.54) is 142 Å². The standard InChI is InChI=1S/C52H45N5O12S.C32H30N2O7.C15H13N.2C7H6N2S/c1-2-48(60)66-28-8-4-3-7-27-64-39-18-12-34(13-19-39)49(61)67-41-22-16-36(17-23-41)51(63)69-44-30-37(32-53)43(31-38(44)33-54-56-52-55-42-10-5-6-11-45(42)70-52)68-50(62)35-14-20-40(21-15-35)65-29-9-26-57-46(58)24-25-47(57)59;1-20(2)30(35)41-28-15-24(17-33)29(25(16-28)18-34)32(37)40-26-12-10-22(11-13-26)21-6-8-23(9-7-21)31(36)38-14-4-3-5-27-19-39-27;1-10(16)11-6-7-15-13(8-11)9-12-4-2-3-5-14(12)15;2*8-7-9-5-3-1-2-4-6(5)10-7/h2,5-6,10-25,30-33,53H,1,3-4,7-9,26-29H2,(H,55,56);6-13,15-18,27,33-34H,1,3-5,14,19H2,2H3;2-8,16H,9H2,1H3;2*1-4H,(H2,8,9)/b53-32?,54-33+;;;;. The van der Waals surface area contributed by atoms with E-state index in [1.807, 2.05) is 97.9 Å². The predicted molar refractivity (Wildman–Crippen MR) is 569 cm³/mol. The van der Waals surface area contributed by atoms with Gasteiger partial charge in [-0.05, 0) is 274 Å². The Kier molecular flexibility index (Phi) is 37.0. The van der Waals surface area contributed by atoms with Crippen molar-refractivity contribution in [2.45, 2.75) is 77.7 Å². The fraction of sp³-hybridized carbons (Fsp3) is 0.159. The Bertz CT molecular complexity index is 7250. The summed E-state index contributed by atoms with van der Waals surface area (Å²) in [5.74, 6) is -3.58. The van der Waals surface area contributed by atoms with Gasteiger partial charge in [-0.3, -0.25) is 19.9 Å². The first kappa shape index (κ1) is 105. The Hall–Kier alpha value is -17.7. The Morgan fingerprint density at radius 3 is 1.45 bits per heavy atom. The van der Waals surface area contributed by atoms with Gasteiger partial charge in [0.15, 0.2) is 10.3 Å². The zero-order chi connectivity index (χ0) is 104. The van der Waals surface area contributed by atoms with E-state index in [0.717, 1.165) is 135 Å². The normalized spacial score (nSPS) is 12.2. The van der Waals surface area contributed by atoms with Crippen molar-refractivity contribution in [2.75, 3.05) is 56.5 Å². The number of nitrogens with one attached hydrogen (secondary N) is 5. The van der Waals surface area contributed by atoms with Gasteiger partial charge in [-0.1, -0.05) is 144 Å². The molecule has 0 spiro atoms. The van der Waals surface area contributed by atoms with Gasteiger partial charge in [0.1, 0.15) is 40.2 Å². The van der Waals surface area contributed by atoms with Crippen molar-refractivity contribution in [3.8, 4) is 62.5 Å². The number of rotatable bonds is 38. The third kappa shape index (κ3) is 30.0. The molecule has 12 aromatic carbocycles. The number of benzene rings is 12. The summed E-state index contributed by atoms with van der Waals surface area (Å²) in [6.45, 7) is 12.7. The summed E-state index contributed by atoms with van der Waals surface area (Å²) < 4.78 is 58.1. The molecule has 2 amide bonds. The Labute approximate surface area is 857 Å². The molecule has 1 unspecified atom stereocenters. The SMILES string of the molecule is C=C(C)C(=O)Oc1cc(C=N)c(C(=O)Oc2ccc(-c3ccc(C(=O)OCCCCC4CO4)cc3)cc2)c(C=N)c1.C=CC(=O)OCCCCCCOc1ccc(C(=O)Oc2ccc(C(=O)Oc3cc(C=N)c(OC(=O)c4ccc(OCCCN5C(=O)C=CC5=O)cc4)cc3/C=N/Nc3nc4ccccc4s3)cc2)cc1.CC(=N)c1ccc2c(c1)Cc1ccccc1-2.Nc1nc2ccccc2s1.Nc1nc2ccccc2s1. The molecule has 1 aliphatic carbocycles. The fourth-order valence-electron chi connectivity index (χ4n) is 14.8. The van der Waals surface area contributed by atoms with Crippen LogP contribution in [0.2, 0.25) is 0 Å². The van der Waals surface area contributed by atoms with Crippen molar-refractivity contribution >= 4 is 164 Å². The highest BCUT2D eigenvalue weighted by Crippen LogP contribution is 2.38. The van der Waals surface area contributed by atoms with Gasteiger partial charge in [-0.25, -0.2) is 48.5 Å². The van der Waals surface area contributed by atoms with Crippen molar-refractivity contribution < 1.29 is 90.5 Å². The second-order valence-corrected chi connectivity index (χ2v) is 36.2. The van der Waals surface area contributed by atoms with Crippen LogP contribution in [0.1, 0.15) is 156 Å². The molecule has 0 radical (unpaired) electrons. The number of anilines is 3. The summed E-state index contributed by atoms with van der Waals surface area (Å²) in [6, 6.07) is 76.0. The molecule has 1 fully saturated rings. The molecule has 147 heavy (non-hydrogen) atoms. The van der Waals surface area contributed by atoms with Crippen molar-refractivity contribution in [2.24, 2.45) is 5.10 Å². The van der Waals surface area contributed by atoms with E-state index < -0.39 is 35.8 Å². The second-order valence-electron chi connectivity index (χ2n) is 33.1. The van der Waals surface area contributed by atoms with Crippen molar-refractivity contribution in [3.63, 3.8) is 0 Å². The summed E-state index contributed by atoms with van der Waals surface area (Å²) in [5.41, 5.74) is 27.2. The number of nitrogen functional groups attached to an aromatic ring is 2. The van der Waals surface area contributed by atoms with Crippen LogP contribution in [-0.4, -0.2) is 150 Å². The lowest BCUT2D eigenvalue weighted by Gasteiger charge is -2.14. The molecule has 0 bridgehead atoms. The number of imide groups is 1. The number of thiazole rings is 3. The number of epoxide rings is 1. The molecular weight excluding hydrogens is 1930 g/mol. The number of hydrogen-bond acceptors (Lipinski definition) is 33. The molecule has 3 aromatic heterocycles. The third-order valence-electron chi connectivity index (χ3n) is 22.4. The minimum Gasteiger partial charge on any atom is -0.494 e. The Balaban J connectivity index is 0.000000181. The van der Waals surface area contributed by atoms with E-state index in [9.17, 15) is 43.2 Å². The number of carbonyl (C=O) groups excluding carboxylic acids is 9. The Morgan fingerprint density at radius 1 is 0.463 bits per heavy atom. The number of esters is 7. The molecule has 744 valence electrons. The number of ether oxygens (including phenoxy) is 10. The minimum absolute atomic E-state index is 0.00592. The summed E-state index contributed by atoms with van der Waals surface area (Å²) in [4.78, 5) is 126. The molecule has 34 heteroatoms. The highest BCUT2D eigenvalue weighted by molar-refractivity contribution is 7.22. The summed E-state index contributed by atoms with van der Waals surface area (Å²) in [5, 5.41) is 37.3. The van der Waals surface area contributed by atoms with Gasteiger partial charge >= 0.3 is 41.8 Å². The van der Waals surface area contributed by atoms with E-state index >= 15 is 0 Å². The molecular formula is C113H100N12O19S3. The van der Waals surface area contributed by atoms with E-state index in [-0.39, 0.29) is 110 Å². The number of amides is 2. The number of unbranched alkanes of at least 4 members (excludes halogenated alkanes) is 4. The van der Waals surface area contributed by atoms with E-state index in [1.54, 1.807) is 72.8 Å². The summed E-state index contributed by atoms with van der Waals surface area (Å²) in [6.07, 6.45) is 15.7. The molecule has 1 atom stereocenters. The van der Waals surface area contributed by atoms with Gasteiger partial charge in [0.25, 0.3) is 11.8 Å². The zero-order valence-corrected chi connectivity index (χ0v) is 82.3. The first-order valence-corrected chi connectivity index (χ1v) is 48.9. The zero-order valence-electron chi connectivity index (χ0n) is 79.8. The van der Waals surface area contributed by atoms with Crippen LogP contribution in [0, 0.1) is 21.6 Å². The van der Waals surface area contributed by atoms with Gasteiger partial charge < -0.3 is 80.5 Å². The van der Waals surface area contributed by atoms with Crippen LogP contribution in [0.25, 0.3) is 52.9 Å². The average Bonchev–Trinajstić information content (AvgIpc) is 1.63. The maximum atomic E-state index is 13.6. The number of aromatic nitrogens is 3. The van der Waals surface area contributed by atoms with Gasteiger partial charge in [-0.15, -0.1) is 0 Å². The lowest BCUT2D eigenvalue weighted by atomic mass is 10.0. The van der Waals surface area contributed by atoms with Crippen LogP contribution in [0.15, 0.2) is 303 Å². The first-order chi connectivity index (χ1) is 71.3. The van der Waals surface area contributed by atoms with Gasteiger partial charge in [0.2, 0.25) is 5.13 Å². The van der Waals surface area contributed by atoms with E-state index in [4.69, 9.17) is 80.5 Å². The second kappa shape index (κ2) is 51.8. The fourth-order valence-corrected chi connectivity index (χ4v) is 17.1. The van der Waals surface area contributed by atoms with Gasteiger partial charge in [-0.2, -0.15) is 5.10 Å². The molecule has 9 N–H and O–H groups in total. The third-order valence-corrected chi connectivity index (χ3v) is 25.1. The molecule has 31 nitrogen and oxygen atoms in total. The summed E-state index contributed by atoms with van der Waals surface area (Å²) in [7, 11) is 0. The monoisotopic (exact) mass is 2020 g/mol. The van der Waals surface area contributed by atoms with Crippen LogP contribution in [0.5, 0.6) is 40.2 Å². The molecule has 15 aromatic rings. The largest absolute Gasteiger partial charge is 0.494 e. The maximum absolute atomic E-state index is 13.6. The highest BCUT2D eigenvalue weighted by atomic mass is 32.1. The maximum Gasteiger partial charge on any atom is 0.344 e. The van der Waals surface area contributed by atoms with Gasteiger partial charge in [0.05, 0.1) is 104 Å². The number of carbonyl (C=O) groups is 9. The highest BCUT2D eigenvalue weighted by Gasteiger charge is 2.27. The number of fused-ring (bicyclic) bond motifs is 6. The number of hydrogen-bond donors (Lipinski definition) is 7. The quantitative estimate of drug-likeness (QED) is 0.00276. The average molecular weight is 2030 g/mol. The smallest absolute Gasteiger partial charge is 0.344 e. The topological polar surface area (TPSA) is 463 Å². The van der Waals surface area contributed by atoms with Crippen molar-refractivity contribution in [1.29, 1.82) is 21.6 Å². The molecule has 3 aliphatic rings. The van der Waals surface area contributed by atoms with Gasteiger partial charge in [0, 0.05) is 77.0 Å². The van der Waals surface area contributed by atoms with E-state index in [0.29, 0.717) is 70.5 Å². The van der Waals surface area contributed by atoms with Crippen molar-refractivity contribution in [1.82, 2.24) is 19.9 Å². The molecule has 0 saturated carbocycles. The minimum atomic E-state index is -0.783. The lowest BCUT2D eigenvalue weighted by molar-refractivity contribution is -0.138. The number of nitrogens with zero attached hydrogens (tertiary/aromatic N) is 5. The molecule has 2 aliphatic heterocycles. The number of para-hydroxylation sites is 3. The van der Waals surface area contributed by atoms with Crippen LogP contribution in [0.4, 0.5) is 15.4 Å². The first-order valence-electron chi connectivity index (χ1n) is 46.5. The lowest BCUT2D eigenvalue weighted by Crippen LogP contribution is -2.31. The summed E-state index contributed by atoms with van der Waals surface area (Å²) >= 11 is 4.41. The van der Waals surface area contributed by atoms with Crippen molar-refractivity contribution in [3.05, 3.63) is 365 Å². The molecule has 18 rings (SSSR count). The van der Waals surface area contributed by atoms with Crippen LogP contribution < -0.4 is 50.1 Å². The predicted octanol–water partition coefficient (Wildman–Crippen LogP) is 21.9. The molecule has 1 saturated heterocycles. The van der Waals surface area contributed by atoms with E-state index in [2.05, 4.69) is 75.0 Å². The Morgan fingerprint density at radius 2 is 0.912 bits per heavy atom. The number of hydrazone groups is 1. The van der Waals surface area contributed by atoms with Crippen LogP contribution in [0.3, 0.4) is 0 Å². The van der Waals surface area contributed by atoms with Crippen LogP contribution in [-0.2, 0) is 39.8 Å². The molecule has 5 heterocycles. The van der Waals surface area contributed by atoms with Crippen LogP contribution >= 0.6 is 34.0 Å². The number of nitrogens with two attached hydrogens (primary N) is 2.